The third-order valence-corrected chi connectivity index (χ3v) is 12.6. The van der Waals surface area contributed by atoms with E-state index in [1.165, 1.54) is 14.0 Å². The normalized spacial score (nSPS) is 37.2. The van der Waals surface area contributed by atoms with Crippen molar-refractivity contribution in [3.63, 3.8) is 0 Å². The molecule has 1 aromatic heterocycles. The number of para-hydroxylation sites is 1. The minimum atomic E-state index is -1.51. The van der Waals surface area contributed by atoms with Crippen molar-refractivity contribution in [2.45, 2.75) is 141 Å². The molecule has 14 heteroatoms. The Morgan fingerprint density at radius 2 is 1.70 bits per heavy atom. The van der Waals surface area contributed by atoms with Crippen molar-refractivity contribution < 1.29 is 52.8 Å². The maximum Gasteiger partial charge on any atom is 0.435 e. The molecule has 4 heterocycles. The number of likely N-dealkylation sites (N-methyl/N-ethyl adjacent to an activating group) is 1. The fourth-order valence-corrected chi connectivity index (χ4v) is 9.25. The van der Waals surface area contributed by atoms with Crippen LogP contribution in [0, 0.1) is 23.7 Å². The second-order valence-electron chi connectivity index (χ2n) is 16.9. The van der Waals surface area contributed by atoms with Gasteiger partial charge in [0.2, 0.25) is 0 Å². The number of benzene rings is 1. The zero-order valence-electron chi connectivity index (χ0n) is 35.4. The summed E-state index contributed by atoms with van der Waals surface area (Å²) in [4.78, 5) is 69.2. The standard InChI is InChI=1S/C43H63N3O11/c1-12-33-43(8)37(46(41(51)57-43)53-21-15-16-29-19-20-44-31-18-14-13-17-30(29)31)26(4)34(47)24(2)23-42(7,52-11)38(27(5)35(48)28(6)39(50)55-33)56-40-36(49)32(45(9)10)22-25(3)54-40/h13-14,17-20,24-28,32-33,36-38,40,49H,12,15-16,21-23H2,1-11H3/t24-,25-,26+,27+,28-,32+,33-,36-,37-,38-,40+,42-,43-/m1/s1. The van der Waals surface area contributed by atoms with Crippen LogP contribution in [0.3, 0.4) is 0 Å². The predicted octanol–water partition coefficient (Wildman–Crippen LogP) is 5.30. The van der Waals surface area contributed by atoms with E-state index >= 15 is 0 Å². The number of ketones is 2. The van der Waals surface area contributed by atoms with Crippen LogP contribution in [0.25, 0.3) is 10.9 Å². The fourth-order valence-electron chi connectivity index (χ4n) is 9.25. The number of aryl methyl sites for hydroxylation is 1. The van der Waals surface area contributed by atoms with Gasteiger partial charge in [0.15, 0.2) is 17.7 Å². The molecule has 3 saturated heterocycles. The highest BCUT2D eigenvalue weighted by Gasteiger charge is 2.61. The Morgan fingerprint density at radius 1 is 1.00 bits per heavy atom. The van der Waals surface area contributed by atoms with Gasteiger partial charge in [-0.25, -0.2) is 4.79 Å². The highest BCUT2D eigenvalue weighted by atomic mass is 16.8. The molecule has 0 spiro atoms. The van der Waals surface area contributed by atoms with Crippen molar-refractivity contribution in [2.24, 2.45) is 23.7 Å². The lowest BCUT2D eigenvalue weighted by Crippen LogP contribution is -2.60. The molecule has 316 valence electrons. The first-order chi connectivity index (χ1) is 26.9. The topological polar surface area (TPSA) is 163 Å². The van der Waals surface area contributed by atoms with Crippen molar-refractivity contribution in [3.05, 3.63) is 42.1 Å². The summed E-state index contributed by atoms with van der Waals surface area (Å²) < 4.78 is 31.0. The van der Waals surface area contributed by atoms with Gasteiger partial charge in [-0.3, -0.25) is 24.2 Å². The number of fused-ring (bicyclic) bond motifs is 2. The number of aliphatic hydroxyl groups excluding tert-OH is 1. The quantitative estimate of drug-likeness (QED) is 0.187. The molecule has 0 bridgehead atoms. The Kier molecular flexibility index (Phi) is 14.2. The third kappa shape index (κ3) is 9.06. The molecule has 3 fully saturated rings. The molecule has 1 aromatic carbocycles. The van der Waals surface area contributed by atoms with E-state index in [4.69, 9.17) is 28.5 Å². The number of aromatic nitrogens is 1. The van der Waals surface area contributed by atoms with E-state index in [1.54, 1.807) is 47.7 Å². The van der Waals surface area contributed by atoms with E-state index in [0.29, 0.717) is 19.3 Å². The number of esters is 1. The largest absolute Gasteiger partial charge is 0.457 e. The van der Waals surface area contributed by atoms with Gasteiger partial charge in [-0.15, -0.1) is 0 Å². The van der Waals surface area contributed by atoms with Crippen LogP contribution in [-0.4, -0.2) is 125 Å². The first-order valence-electron chi connectivity index (χ1n) is 20.3. The second kappa shape index (κ2) is 18.2. The number of aliphatic hydroxyl groups is 1. The van der Waals surface area contributed by atoms with Crippen LogP contribution in [0.2, 0.25) is 0 Å². The zero-order chi connectivity index (χ0) is 42.0. The van der Waals surface area contributed by atoms with Crippen LogP contribution in [0.4, 0.5) is 4.79 Å². The SMILES string of the molecule is CC[C@H]1OC(=O)[C@H](C)C(=O)[C@H](C)[C@@H](O[C@@H]2O[C@H](C)C[C@H](N(C)C)[C@H]2O)[C@](C)(OC)C[C@@H](C)C(=O)[C@H](C)[C@H]2N(OCCCc3ccnc4ccccc34)C(=O)O[C@]12C. The van der Waals surface area contributed by atoms with Gasteiger partial charge in [0, 0.05) is 42.5 Å². The van der Waals surface area contributed by atoms with Gasteiger partial charge < -0.3 is 33.7 Å². The molecule has 5 rings (SSSR count). The number of Topliss-reactive ketones (excluding diaryl/α,β-unsaturated/α-hetero) is 2. The zero-order valence-corrected chi connectivity index (χ0v) is 35.4. The summed E-state index contributed by atoms with van der Waals surface area (Å²) in [5, 5.41) is 13.6. The smallest absolute Gasteiger partial charge is 0.435 e. The van der Waals surface area contributed by atoms with Gasteiger partial charge >= 0.3 is 12.1 Å². The van der Waals surface area contributed by atoms with Gasteiger partial charge in [-0.1, -0.05) is 45.9 Å². The van der Waals surface area contributed by atoms with Crippen LogP contribution < -0.4 is 0 Å². The lowest BCUT2D eigenvalue weighted by molar-refractivity contribution is -0.295. The molecule has 3 aliphatic rings. The summed E-state index contributed by atoms with van der Waals surface area (Å²) in [6.45, 7) is 13.9. The van der Waals surface area contributed by atoms with Gasteiger partial charge in [-0.2, -0.15) is 5.06 Å². The van der Waals surface area contributed by atoms with E-state index in [-0.39, 0.29) is 37.4 Å². The number of ether oxygens (including phenoxy) is 5. The number of amides is 1. The predicted molar refractivity (Wildman–Crippen MR) is 211 cm³/mol. The molecule has 14 nitrogen and oxygen atoms in total. The summed E-state index contributed by atoms with van der Waals surface area (Å²) >= 11 is 0. The number of carbonyl (C=O) groups is 4. The van der Waals surface area contributed by atoms with E-state index in [0.717, 1.165) is 21.5 Å². The second-order valence-corrected chi connectivity index (χ2v) is 16.9. The molecule has 13 atom stereocenters. The van der Waals surface area contributed by atoms with Crippen LogP contribution in [0.5, 0.6) is 0 Å². The van der Waals surface area contributed by atoms with Gasteiger partial charge in [-0.05, 0) is 91.6 Å². The summed E-state index contributed by atoms with van der Waals surface area (Å²) in [5.41, 5.74) is -0.832. The molecule has 1 N–H and O–H groups in total. The Bertz CT molecular complexity index is 1750. The first kappa shape index (κ1) is 44.6. The number of rotatable bonds is 10. The highest BCUT2D eigenvalue weighted by molar-refractivity contribution is 6.00. The van der Waals surface area contributed by atoms with Crippen LogP contribution >= 0.6 is 0 Å². The highest BCUT2D eigenvalue weighted by Crippen LogP contribution is 2.43. The summed E-state index contributed by atoms with van der Waals surface area (Å²) in [6, 6.07) is 8.55. The van der Waals surface area contributed by atoms with Crippen LogP contribution in [0.1, 0.15) is 86.6 Å². The lowest BCUT2D eigenvalue weighted by atomic mass is 9.73. The number of cyclic esters (lactones) is 1. The summed E-state index contributed by atoms with van der Waals surface area (Å²) in [5.74, 6) is -5.27. The average molecular weight is 798 g/mol. The average Bonchev–Trinajstić information content (AvgIpc) is 3.45. The monoisotopic (exact) mass is 797 g/mol. The number of pyridine rings is 1. The van der Waals surface area contributed by atoms with Crippen molar-refractivity contribution in [1.82, 2.24) is 14.9 Å². The molecule has 57 heavy (non-hydrogen) atoms. The maximum atomic E-state index is 14.7. The number of hydroxylamine groups is 2. The van der Waals surface area contributed by atoms with Crippen molar-refractivity contribution in [3.8, 4) is 0 Å². The molecule has 0 saturated carbocycles. The minimum absolute atomic E-state index is 0.0967. The van der Waals surface area contributed by atoms with Crippen LogP contribution in [-0.2, 0) is 49.3 Å². The fraction of sp³-hybridized carbons (Fsp3) is 0.698. The van der Waals surface area contributed by atoms with E-state index < -0.39 is 83.4 Å². The van der Waals surface area contributed by atoms with E-state index in [1.807, 2.05) is 56.3 Å². The molecule has 0 unspecified atom stereocenters. The Hall–Kier alpha value is -3.53. The van der Waals surface area contributed by atoms with Crippen molar-refractivity contribution in [2.75, 3.05) is 27.8 Å². The molecule has 0 radical (unpaired) electrons. The number of hydrogen-bond acceptors (Lipinski definition) is 13. The van der Waals surface area contributed by atoms with Gasteiger partial charge in [0.05, 0.1) is 29.9 Å². The number of methoxy groups -OCH3 is 1. The van der Waals surface area contributed by atoms with E-state index in [2.05, 4.69) is 4.98 Å². The van der Waals surface area contributed by atoms with Crippen molar-refractivity contribution >= 4 is 34.5 Å². The molecule has 0 aliphatic carbocycles. The number of nitrogens with zero attached hydrogens (tertiary/aromatic N) is 3. The van der Waals surface area contributed by atoms with Crippen molar-refractivity contribution in [1.29, 1.82) is 0 Å². The first-order valence-corrected chi connectivity index (χ1v) is 20.3. The maximum absolute atomic E-state index is 14.7. The molecular weight excluding hydrogens is 734 g/mol. The van der Waals surface area contributed by atoms with Crippen LogP contribution in [0.15, 0.2) is 36.5 Å². The molecule has 3 aliphatic heterocycles. The molecule has 2 aromatic rings. The van der Waals surface area contributed by atoms with Gasteiger partial charge in [0.1, 0.15) is 30.0 Å². The number of carbonyl (C=O) groups excluding carboxylic acids is 4. The Morgan fingerprint density at radius 3 is 2.37 bits per heavy atom. The number of hydrogen-bond donors (Lipinski definition) is 1. The molecular formula is C43H63N3O11. The molecule has 1 amide bonds. The lowest BCUT2D eigenvalue weighted by Gasteiger charge is -2.47. The van der Waals surface area contributed by atoms with E-state index in [9.17, 15) is 24.3 Å². The minimum Gasteiger partial charge on any atom is -0.457 e. The summed E-state index contributed by atoms with van der Waals surface area (Å²) in [6.07, 6.45) is -1.50. The Labute approximate surface area is 336 Å². The summed E-state index contributed by atoms with van der Waals surface area (Å²) in [7, 11) is 5.21. The third-order valence-electron chi connectivity index (χ3n) is 12.6. The Balaban J connectivity index is 1.47. The van der Waals surface area contributed by atoms with Gasteiger partial charge in [0.25, 0.3) is 0 Å².